The summed E-state index contributed by atoms with van der Waals surface area (Å²) in [5.74, 6) is 0.0878. The molecule has 0 radical (unpaired) electrons. The number of hydrazone groups is 1. The molecule has 8 heteroatoms. The molecule has 0 aromatic heterocycles. The first-order chi connectivity index (χ1) is 12.4. The molecule has 2 aromatic carbocycles. The van der Waals surface area contributed by atoms with E-state index in [9.17, 15) is 13.2 Å². The van der Waals surface area contributed by atoms with Gasteiger partial charge in [0.2, 0.25) is 10.0 Å². The zero-order valence-electron chi connectivity index (χ0n) is 14.6. The fourth-order valence-electron chi connectivity index (χ4n) is 2.22. The molecule has 26 heavy (non-hydrogen) atoms. The van der Waals surface area contributed by atoms with Gasteiger partial charge in [0.15, 0.2) is 0 Å². The van der Waals surface area contributed by atoms with Crippen LogP contribution in [0.5, 0.6) is 5.75 Å². The zero-order chi connectivity index (χ0) is 19.0. The second-order valence-electron chi connectivity index (χ2n) is 5.55. The highest BCUT2D eigenvalue weighted by atomic mass is 32.2. The quantitative estimate of drug-likeness (QED) is 0.561. The van der Waals surface area contributed by atoms with Crippen LogP contribution < -0.4 is 10.2 Å². The van der Waals surface area contributed by atoms with E-state index in [4.69, 9.17) is 4.74 Å². The average molecular weight is 375 g/mol. The third-order valence-electron chi connectivity index (χ3n) is 3.52. The molecule has 0 saturated heterocycles. The maximum absolute atomic E-state index is 12.1. The minimum Gasteiger partial charge on any atom is -0.496 e. The van der Waals surface area contributed by atoms with Crippen molar-refractivity contribution in [3.8, 4) is 5.75 Å². The molecule has 0 fully saturated rings. The molecule has 0 spiro atoms. The number of carbonyl (C=O) groups excluding carboxylic acids is 1. The van der Waals surface area contributed by atoms with E-state index in [0.29, 0.717) is 11.3 Å². The van der Waals surface area contributed by atoms with E-state index in [2.05, 4.69) is 10.5 Å². The molecule has 0 aliphatic carbocycles. The van der Waals surface area contributed by atoms with E-state index in [0.717, 1.165) is 16.1 Å². The van der Waals surface area contributed by atoms with E-state index < -0.39 is 15.9 Å². The first kappa shape index (κ1) is 19.6. The highest BCUT2D eigenvalue weighted by molar-refractivity contribution is 7.88. The molecule has 0 aliphatic heterocycles. The largest absolute Gasteiger partial charge is 0.496 e. The summed E-state index contributed by atoms with van der Waals surface area (Å²) in [6.45, 7) is -0.208. The smallest absolute Gasteiger partial charge is 0.255 e. The number of nitrogens with one attached hydrogen (secondary N) is 1. The van der Waals surface area contributed by atoms with Crippen molar-refractivity contribution < 1.29 is 17.9 Å². The predicted octanol–water partition coefficient (Wildman–Crippen LogP) is 1.61. The maximum atomic E-state index is 12.1. The number of para-hydroxylation sites is 1. The van der Waals surface area contributed by atoms with Gasteiger partial charge >= 0.3 is 0 Å². The van der Waals surface area contributed by atoms with Crippen molar-refractivity contribution in [3.63, 3.8) is 0 Å². The first-order valence-electron chi connectivity index (χ1n) is 7.84. The highest BCUT2D eigenvalue weighted by Gasteiger charge is 2.20. The Kier molecular flexibility index (Phi) is 6.88. The van der Waals surface area contributed by atoms with Gasteiger partial charge in [0.25, 0.3) is 5.91 Å². The molecule has 0 saturated carbocycles. The summed E-state index contributed by atoms with van der Waals surface area (Å²) in [5, 5.41) is 3.87. The van der Waals surface area contributed by atoms with Crippen LogP contribution in [0.15, 0.2) is 59.7 Å². The van der Waals surface area contributed by atoms with Crippen LogP contribution in [0.4, 0.5) is 0 Å². The number of benzene rings is 2. The number of methoxy groups -OCH3 is 1. The van der Waals surface area contributed by atoms with Crippen LogP contribution >= 0.6 is 0 Å². The summed E-state index contributed by atoms with van der Waals surface area (Å²) < 4.78 is 30.2. The van der Waals surface area contributed by atoms with Gasteiger partial charge in [0.1, 0.15) is 5.75 Å². The van der Waals surface area contributed by atoms with Crippen LogP contribution in [0, 0.1) is 0 Å². The zero-order valence-corrected chi connectivity index (χ0v) is 15.4. The first-order valence-corrected chi connectivity index (χ1v) is 9.69. The Bertz CT molecular complexity index is 867. The van der Waals surface area contributed by atoms with Crippen molar-refractivity contribution in [2.45, 2.75) is 6.54 Å². The molecule has 0 atom stereocenters. The lowest BCUT2D eigenvalue weighted by molar-refractivity contribution is -0.121. The Hall–Kier alpha value is -2.71. The molecule has 138 valence electrons. The number of rotatable bonds is 8. The number of hydrogen-bond acceptors (Lipinski definition) is 5. The van der Waals surface area contributed by atoms with Gasteiger partial charge < -0.3 is 4.74 Å². The molecule has 0 bridgehead atoms. The average Bonchev–Trinajstić information content (AvgIpc) is 2.61. The van der Waals surface area contributed by atoms with E-state index in [-0.39, 0.29) is 13.1 Å². The summed E-state index contributed by atoms with van der Waals surface area (Å²) in [6, 6.07) is 16.3. The van der Waals surface area contributed by atoms with Gasteiger partial charge in [0.05, 0.1) is 26.1 Å². The Morgan fingerprint density at radius 3 is 2.46 bits per heavy atom. The van der Waals surface area contributed by atoms with Gasteiger partial charge in [-0.25, -0.2) is 13.8 Å². The standard InChI is InChI=1S/C18H21N3O4S/c1-25-17-11-7-6-10-16(17)12-19-20-18(22)14-21(26(2,23)24)13-15-8-4-3-5-9-15/h3-12H,13-14H2,1-2H3,(H,20,22)/b19-12-. The number of amides is 1. The minimum absolute atomic E-state index is 0.114. The van der Waals surface area contributed by atoms with Gasteiger partial charge in [-0.15, -0.1) is 0 Å². The molecule has 1 N–H and O–H groups in total. The minimum atomic E-state index is -3.55. The molecule has 7 nitrogen and oxygen atoms in total. The lowest BCUT2D eigenvalue weighted by atomic mass is 10.2. The lowest BCUT2D eigenvalue weighted by Gasteiger charge is -2.18. The summed E-state index contributed by atoms with van der Waals surface area (Å²) in [6.07, 6.45) is 2.51. The topological polar surface area (TPSA) is 88.1 Å². The third kappa shape index (κ3) is 5.98. The maximum Gasteiger partial charge on any atom is 0.255 e. The Balaban J connectivity index is 2.00. The number of hydrogen-bond donors (Lipinski definition) is 1. The third-order valence-corrected chi connectivity index (χ3v) is 4.72. The molecule has 2 aromatic rings. The number of carbonyl (C=O) groups is 1. The normalized spacial score (nSPS) is 11.7. The number of nitrogens with zero attached hydrogens (tertiary/aromatic N) is 2. The van der Waals surface area contributed by atoms with Gasteiger partial charge in [-0.3, -0.25) is 4.79 Å². The second kappa shape index (κ2) is 9.12. The number of ether oxygens (including phenoxy) is 1. The van der Waals surface area contributed by atoms with E-state index in [1.165, 1.54) is 6.21 Å². The predicted molar refractivity (Wildman–Crippen MR) is 100 cm³/mol. The Labute approximate surface area is 153 Å². The molecule has 0 aliphatic rings. The second-order valence-corrected chi connectivity index (χ2v) is 7.53. The van der Waals surface area contributed by atoms with Gasteiger partial charge in [-0.2, -0.15) is 9.41 Å². The SMILES string of the molecule is COc1ccccc1/C=N\NC(=O)CN(Cc1ccccc1)S(C)(=O)=O. The summed E-state index contributed by atoms with van der Waals surface area (Å²) >= 11 is 0. The molecule has 1 amide bonds. The van der Waals surface area contributed by atoms with Gasteiger partial charge in [-0.1, -0.05) is 42.5 Å². The van der Waals surface area contributed by atoms with Crippen molar-refractivity contribution >= 4 is 22.1 Å². The fraction of sp³-hybridized carbons (Fsp3) is 0.222. The highest BCUT2D eigenvalue weighted by Crippen LogP contribution is 2.14. The molecule has 2 rings (SSSR count). The molecule has 0 heterocycles. The van der Waals surface area contributed by atoms with Crippen molar-refractivity contribution in [1.82, 2.24) is 9.73 Å². The Morgan fingerprint density at radius 2 is 1.81 bits per heavy atom. The van der Waals surface area contributed by atoms with E-state index in [1.807, 2.05) is 30.3 Å². The van der Waals surface area contributed by atoms with Crippen molar-refractivity contribution in [3.05, 3.63) is 65.7 Å². The van der Waals surface area contributed by atoms with Crippen LogP contribution in [0.25, 0.3) is 0 Å². The summed E-state index contributed by atoms with van der Waals surface area (Å²) in [4.78, 5) is 12.1. The molecular weight excluding hydrogens is 354 g/mol. The van der Waals surface area contributed by atoms with E-state index >= 15 is 0 Å². The van der Waals surface area contributed by atoms with E-state index in [1.54, 1.807) is 31.4 Å². The van der Waals surface area contributed by atoms with Crippen LogP contribution in [0.3, 0.4) is 0 Å². The van der Waals surface area contributed by atoms with Crippen LogP contribution in [-0.2, 0) is 21.4 Å². The van der Waals surface area contributed by atoms with Crippen LogP contribution in [0.2, 0.25) is 0 Å². The van der Waals surface area contributed by atoms with Crippen LogP contribution in [0.1, 0.15) is 11.1 Å². The van der Waals surface area contributed by atoms with Crippen molar-refractivity contribution in [2.24, 2.45) is 5.10 Å². The molecular formula is C18H21N3O4S. The number of sulfonamides is 1. The lowest BCUT2D eigenvalue weighted by Crippen LogP contribution is -2.38. The monoisotopic (exact) mass is 375 g/mol. The van der Waals surface area contributed by atoms with Crippen molar-refractivity contribution in [2.75, 3.05) is 19.9 Å². The van der Waals surface area contributed by atoms with Crippen LogP contribution in [-0.4, -0.2) is 44.8 Å². The van der Waals surface area contributed by atoms with Crippen molar-refractivity contribution in [1.29, 1.82) is 0 Å². The van der Waals surface area contributed by atoms with Gasteiger partial charge in [0, 0.05) is 12.1 Å². The Morgan fingerprint density at radius 1 is 1.15 bits per heavy atom. The summed E-state index contributed by atoms with van der Waals surface area (Å²) in [7, 11) is -2.00. The summed E-state index contributed by atoms with van der Waals surface area (Å²) in [5.41, 5.74) is 3.83. The van der Waals surface area contributed by atoms with Gasteiger partial charge in [-0.05, 0) is 17.7 Å². The molecule has 0 unspecified atom stereocenters. The fourth-order valence-corrected chi connectivity index (χ4v) is 2.96.